The fourth-order valence-corrected chi connectivity index (χ4v) is 1.89. The van der Waals surface area contributed by atoms with Crippen LogP contribution in [0.3, 0.4) is 0 Å². The van der Waals surface area contributed by atoms with E-state index in [1.54, 1.807) is 0 Å². The van der Waals surface area contributed by atoms with Crippen molar-refractivity contribution in [1.29, 1.82) is 0 Å². The quantitative estimate of drug-likeness (QED) is 0.919. The summed E-state index contributed by atoms with van der Waals surface area (Å²) in [7, 11) is 0. The van der Waals surface area contributed by atoms with E-state index in [4.69, 9.17) is 5.73 Å². The van der Waals surface area contributed by atoms with E-state index in [1.165, 1.54) is 12.1 Å². The van der Waals surface area contributed by atoms with Gasteiger partial charge < -0.3 is 5.73 Å². The molecule has 100 valence electrons. The third kappa shape index (κ3) is 3.54. The Morgan fingerprint density at radius 1 is 1.16 bits per heavy atom. The van der Waals surface area contributed by atoms with Crippen LogP contribution in [0, 0.1) is 18.6 Å². The molecule has 0 saturated carbocycles. The van der Waals surface area contributed by atoms with Gasteiger partial charge in [-0.3, -0.25) is 0 Å². The lowest BCUT2D eigenvalue weighted by atomic mass is 10.1. The lowest BCUT2D eigenvalue weighted by molar-refractivity contribution is 0.573. The summed E-state index contributed by atoms with van der Waals surface area (Å²) < 4.78 is 26.4. The van der Waals surface area contributed by atoms with Gasteiger partial charge in [-0.05, 0) is 31.2 Å². The maximum atomic E-state index is 13.6. The number of nitrogens with zero attached hydrogens (tertiary/aromatic N) is 2. The van der Waals surface area contributed by atoms with Crippen LogP contribution in [0.15, 0.2) is 24.3 Å². The number of hydrogen-bond donors (Lipinski definition) is 1. The van der Waals surface area contributed by atoms with Crippen molar-refractivity contribution in [3.05, 3.63) is 58.7 Å². The second kappa shape index (κ2) is 5.84. The molecule has 0 amide bonds. The highest BCUT2D eigenvalue weighted by atomic mass is 19.1. The third-order valence-corrected chi connectivity index (χ3v) is 2.72. The van der Waals surface area contributed by atoms with Crippen LogP contribution in [0.1, 0.15) is 22.8 Å². The first-order valence-corrected chi connectivity index (χ1v) is 6.06. The number of aromatic nitrogens is 2. The molecule has 3 nitrogen and oxygen atoms in total. The Hall–Kier alpha value is -1.88. The molecule has 2 rings (SSSR count). The van der Waals surface area contributed by atoms with Crippen molar-refractivity contribution >= 4 is 0 Å². The largest absolute Gasteiger partial charge is 0.330 e. The first-order valence-electron chi connectivity index (χ1n) is 6.06. The summed E-state index contributed by atoms with van der Waals surface area (Å²) in [5, 5.41) is 0. The second-order valence-electron chi connectivity index (χ2n) is 4.37. The molecule has 2 aromatic rings. The molecule has 2 N–H and O–H groups in total. The number of hydrogen-bond acceptors (Lipinski definition) is 3. The first kappa shape index (κ1) is 13.5. The molecule has 0 fully saturated rings. The van der Waals surface area contributed by atoms with Gasteiger partial charge in [0.15, 0.2) is 0 Å². The number of nitrogens with two attached hydrogens (primary N) is 1. The molecule has 0 aliphatic carbocycles. The average molecular weight is 263 g/mol. The predicted molar refractivity (Wildman–Crippen MR) is 68.7 cm³/mol. The van der Waals surface area contributed by atoms with Gasteiger partial charge in [0.2, 0.25) is 0 Å². The van der Waals surface area contributed by atoms with E-state index in [0.717, 1.165) is 17.5 Å². The molecule has 0 radical (unpaired) electrons. The van der Waals surface area contributed by atoms with Crippen molar-refractivity contribution in [1.82, 2.24) is 9.97 Å². The fourth-order valence-electron chi connectivity index (χ4n) is 1.89. The fraction of sp³-hybridized carbons (Fsp3) is 0.286. The molecule has 0 bridgehead atoms. The molecule has 19 heavy (non-hydrogen) atoms. The van der Waals surface area contributed by atoms with Crippen LogP contribution >= 0.6 is 0 Å². The molecule has 1 aromatic carbocycles. The van der Waals surface area contributed by atoms with Crippen LogP contribution in [-0.2, 0) is 12.8 Å². The minimum Gasteiger partial charge on any atom is -0.330 e. The SMILES string of the molecule is Cc1cc(CCN)nc(Cc2ccc(F)cc2F)n1. The van der Waals surface area contributed by atoms with E-state index in [2.05, 4.69) is 9.97 Å². The molecule has 5 heteroatoms. The van der Waals surface area contributed by atoms with Crippen molar-refractivity contribution < 1.29 is 8.78 Å². The van der Waals surface area contributed by atoms with Crippen molar-refractivity contribution in [3.63, 3.8) is 0 Å². The van der Waals surface area contributed by atoms with Gasteiger partial charge in [-0.2, -0.15) is 0 Å². The Morgan fingerprint density at radius 3 is 2.63 bits per heavy atom. The Balaban J connectivity index is 2.27. The Morgan fingerprint density at radius 2 is 1.95 bits per heavy atom. The van der Waals surface area contributed by atoms with E-state index in [9.17, 15) is 8.78 Å². The van der Waals surface area contributed by atoms with Crippen LogP contribution in [0.5, 0.6) is 0 Å². The van der Waals surface area contributed by atoms with Crippen molar-refractivity contribution in [3.8, 4) is 0 Å². The zero-order valence-electron chi connectivity index (χ0n) is 10.7. The van der Waals surface area contributed by atoms with Gasteiger partial charge in [-0.25, -0.2) is 18.7 Å². The van der Waals surface area contributed by atoms with Gasteiger partial charge in [0.25, 0.3) is 0 Å². The van der Waals surface area contributed by atoms with Gasteiger partial charge >= 0.3 is 0 Å². The van der Waals surface area contributed by atoms with Crippen LogP contribution < -0.4 is 5.73 Å². The molecule has 1 aromatic heterocycles. The Labute approximate surface area is 110 Å². The van der Waals surface area contributed by atoms with Gasteiger partial charge in [0, 0.05) is 30.3 Å². The van der Waals surface area contributed by atoms with Gasteiger partial charge in [-0.15, -0.1) is 0 Å². The monoisotopic (exact) mass is 263 g/mol. The summed E-state index contributed by atoms with van der Waals surface area (Å²) in [5.41, 5.74) is 7.53. The summed E-state index contributed by atoms with van der Waals surface area (Å²) in [6, 6.07) is 5.37. The highest BCUT2D eigenvalue weighted by molar-refractivity contribution is 5.23. The number of aryl methyl sites for hydroxylation is 1. The summed E-state index contributed by atoms with van der Waals surface area (Å²) >= 11 is 0. The molecular weight excluding hydrogens is 248 g/mol. The zero-order chi connectivity index (χ0) is 13.8. The van der Waals surface area contributed by atoms with Crippen molar-refractivity contribution in [2.75, 3.05) is 6.54 Å². The molecule has 0 saturated heterocycles. The summed E-state index contributed by atoms with van der Waals surface area (Å²) in [6.45, 7) is 2.35. The molecule has 1 heterocycles. The highest BCUT2D eigenvalue weighted by Gasteiger charge is 2.08. The average Bonchev–Trinajstić information content (AvgIpc) is 2.32. The van der Waals surface area contributed by atoms with E-state index in [0.29, 0.717) is 24.4 Å². The maximum Gasteiger partial charge on any atom is 0.133 e. The second-order valence-corrected chi connectivity index (χ2v) is 4.37. The van der Waals surface area contributed by atoms with Gasteiger partial charge in [-0.1, -0.05) is 6.07 Å². The number of benzene rings is 1. The molecule has 0 aliphatic rings. The Kier molecular flexibility index (Phi) is 4.16. The van der Waals surface area contributed by atoms with Gasteiger partial charge in [0.1, 0.15) is 17.5 Å². The predicted octanol–water partition coefficient (Wildman–Crippen LogP) is 2.16. The van der Waals surface area contributed by atoms with Gasteiger partial charge in [0.05, 0.1) is 0 Å². The minimum absolute atomic E-state index is 0.241. The number of rotatable bonds is 4. The maximum absolute atomic E-state index is 13.6. The first-order chi connectivity index (χ1) is 9.08. The molecule has 0 spiro atoms. The minimum atomic E-state index is -0.588. The van der Waals surface area contributed by atoms with E-state index >= 15 is 0 Å². The standard InChI is InChI=1S/C14H15F2N3/c1-9-6-12(4-5-17)19-14(18-9)7-10-2-3-11(15)8-13(10)16/h2-3,6,8H,4-5,7,17H2,1H3. The third-order valence-electron chi connectivity index (χ3n) is 2.72. The molecule has 0 atom stereocenters. The zero-order valence-corrected chi connectivity index (χ0v) is 10.7. The van der Waals surface area contributed by atoms with Crippen LogP contribution in [-0.4, -0.2) is 16.5 Å². The van der Waals surface area contributed by atoms with Crippen LogP contribution in [0.25, 0.3) is 0 Å². The Bertz CT molecular complexity index is 585. The topological polar surface area (TPSA) is 51.8 Å². The van der Waals surface area contributed by atoms with Crippen LogP contribution in [0.2, 0.25) is 0 Å². The smallest absolute Gasteiger partial charge is 0.133 e. The lowest BCUT2D eigenvalue weighted by Gasteiger charge is -2.06. The summed E-state index contributed by atoms with van der Waals surface area (Å²) in [4.78, 5) is 8.59. The molecule has 0 unspecified atom stereocenters. The number of halogens is 2. The normalized spacial score (nSPS) is 10.7. The summed E-state index contributed by atoms with van der Waals surface area (Å²) in [5.74, 6) is -0.644. The van der Waals surface area contributed by atoms with E-state index in [1.807, 2.05) is 13.0 Å². The summed E-state index contributed by atoms with van der Waals surface area (Å²) in [6.07, 6.45) is 0.896. The molecular formula is C14H15F2N3. The van der Waals surface area contributed by atoms with Crippen molar-refractivity contribution in [2.24, 2.45) is 5.73 Å². The molecule has 0 aliphatic heterocycles. The van der Waals surface area contributed by atoms with E-state index < -0.39 is 11.6 Å². The van der Waals surface area contributed by atoms with Crippen molar-refractivity contribution in [2.45, 2.75) is 19.8 Å². The van der Waals surface area contributed by atoms with E-state index in [-0.39, 0.29) is 6.42 Å². The highest BCUT2D eigenvalue weighted by Crippen LogP contribution is 2.13. The lowest BCUT2D eigenvalue weighted by Crippen LogP contribution is -2.08. The van der Waals surface area contributed by atoms with Crippen LogP contribution in [0.4, 0.5) is 8.78 Å².